The summed E-state index contributed by atoms with van der Waals surface area (Å²) in [4.78, 5) is 0. The zero-order valence-corrected chi connectivity index (χ0v) is 11.0. The van der Waals surface area contributed by atoms with E-state index in [1.54, 1.807) is 0 Å². The number of nitrogens with zero attached hydrogens (tertiary/aromatic N) is 1. The minimum atomic E-state index is -3.32. The summed E-state index contributed by atoms with van der Waals surface area (Å²) in [5.41, 5.74) is 0.945. The summed E-state index contributed by atoms with van der Waals surface area (Å²) in [6.07, 6.45) is 0. The van der Waals surface area contributed by atoms with Crippen molar-refractivity contribution >= 4 is 37.5 Å². The lowest BCUT2D eigenvalue weighted by molar-refractivity contribution is 0.505. The summed E-state index contributed by atoms with van der Waals surface area (Å²) in [5, 5.41) is 1.91. The minimum Gasteiger partial charge on any atom is -0.198 e. The van der Waals surface area contributed by atoms with E-state index in [1.807, 2.05) is 11.4 Å². The first kappa shape index (κ1) is 12.1. The molecule has 0 fully saturated rings. The van der Waals surface area contributed by atoms with E-state index >= 15 is 0 Å². The van der Waals surface area contributed by atoms with Gasteiger partial charge < -0.3 is 0 Å². The monoisotopic (exact) mass is 298 g/mol. The van der Waals surface area contributed by atoms with Crippen molar-refractivity contribution in [3.05, 3.63) is 20.8 Å². The molecule has 0 aliphatic rings. The second kappa shape index (κ2) is 4.71. The first-order valence-electron chi connectivity index (χ1n) is 3.82. The van der Waals surface area contributed by atoms with Crippen molar-refractivity contribution in [3.63, 3.8) is 0 Å². The van der Waals surface area contributed by atoms with E-state index in [4.69, 9.17) is 0 Å². The van der Waals surface area contributed by atoms with Gasteiger partial charge in [-0.3, -0.25) is 0 Å². The quantitative estimate of drug-likeness (QED) is 0.914. The van der Waals surface area contributed by atoms with Crippen LogP contribution in [0.15, 0.2) is 15.2 Å². The highest BCUT2D eigenvalue weighted by molar-refractivity contribution is 9.11. The lowest BCUT2D eigenvalue weighted by Gasteiger charge is -2.11. The van der Waals surface area contributed by atoms with Gasteiger partial charge in [-0.05, 0) is 32.9 Å². The van der Waals surface area contributed by atoms with Gasteiger partial charge in [0.15, 0.2) is 0 Å². The van der Waals surface area contributed by atoms with Crippen LogP contribution in [0.2, 0.25) is 0 Å². The average molecular weight is 299 g/mol. The van der Waals surface area contributed by atoms with E-state index in [0.29, 0.717) is 6.54 Å². The zero-order chi connectivity index (χ0) is 10.8. The van der Waals surface area contributed by atoms with E-state index in [9.17, 15) is 8.42 Å². The number of halogens is 1. The van der Waals surface area contributed by atoms with Gasteiger partial charge in [0.05, 0.1) is 3.79 Å². The van der Waals surface area contributed by atoms with Gasteiger partial charge in [-0.2, -0.15) is 17.4 Å². The van der Waals surface area contributed by atoms with E-state index in [-0.39, 0.29) is 0 Å². The third-order valence-electron chi connectivity index (χ3n) is 1.62. The first-order chi connectivity index (χ1) is 6.43. The van der Waals surface area contributed by atoms with Gasteiger partial charge in [0.25, 0.3) is 10.2 Å². The lowest BCUT2D eigenvalue weighted by Crippen LogP contribution is -2.35. The molecule has 1 N–H and O–H groups in total. The van der Waals surface area contributed by atoms with Gasteiger partial charge in [0, 0.05) is 20.6 Å². The van der Waals surface area contributed by atoms with E-state index < -0.39 is 10.2 Å². The Labute approximate surface area is 96.2 Å². The molecule has 1 rings (SSSR count). The van der Waals surface area contributed by atoms with Crippen LogP contribution in [0.3, 0.4) is 0 Å². The van der Waals surface area contributed by atoms with Crippen molar-refractivity contribution in [1.82, 2.24) is 9.03 Å². The second-order valence-electron chi connectivity index (χ2n) is 2.83. The summed E-state index contributed by atoms with van der Waals surface area (Å²) in [6.45, 7) is 0.310. The third kappa shape index (κ3) is 3.03. The fraction of sp³-hybridized carbons (Fsp3) is 0.429. The topological polar surface area (TPSA) is 49.4 Å². The van der Waals surface area contributed by atoms with Crippen LogP contribution in [0.4, 0.5) is 0 Å². The highest BCUT2D eigenvalue weighted by Crippen LogP contribution is 2.23. The summed E-state index contributed by atoms with van der Waals surface area (Å²) in [7, 11) is -0.342. The van der Waals surface area contributed by atoms with Crippen LogP contribution in [0.1, 0.15) is 5.56 Å². The SMILES string of the molecule is CN(C)S(=O)(=O)NCc1ccsc1Br. The molecule has 7 heteroatoms. The molecule has 4 nitrogen and oxygen atoms in total. The number of nitrogens with one attached hydrogen (secondary N) is 1. The Morgan fingerprint density at radius 1 is 1.57 bits per heavy atom. The molecular formula is C7H11BrN2O2S2. The van der Waals surface area contributed by atoms with Gasteiger partial charge in [-0.1, -0.05) is 0 Å². The highest BCUT2D eigenvalue weighted by atomic mass is 79.9. The number of hydrogen-bond acceptors (Lipinski definition) is 3. The molecule has 0 unspecified atom stereocenters. The van der Waals surface area contributed by atoms with E-state index in [1.165, 1.54) is 25.4 Å². The predicted molar refractivity (Wildman–Crippen MR) is 61.5 cm³/mol. The number of rotatable bonds is 4. The predicted octanol–water partition coefficient (Wildman–Crippen LogP) is 1.41. The van der Waals surface area contributed by atoms with Gasteiger partial charge in [0.2, 0.25) is 0 Å². The van der Waals surface area contributed by atoms with Gasteiger partial charge in [0.1, 0.15) is 0 Å². The molecule has 0 saturated heterocycles. The van der Waals surface area contributed by atoms with Crippen molar-refractivity contribution in [3.8, 4) is 0 Å². The first-order valence-corrected chi connectivity index (χ1v) is 6.94. The van der Waals surface area contributed by atoms with E-state index in [2.05, 4.69) is 20.7 Å². The van der Waals surface area contributed by atoms with Crippen LogP contribution < -0.4 is 4.72 Å². The molecule has 0 bridgehead atoms. The van der Waals surface area contributed by atoms with Crippen LogP contribution in [0.25, 0.3) is 0 Å². The van der Waals surface area contributed by atoms with Crippen molar-refractivity contribution in [2.45, 2.75) is 6.54 Å². The Bertz CT molecular complexity index is 400. The van der Waals surface area contributed by atoms with Crippen LogP contribution in [-0.4, -0.2) is 26.8 Å². The van der Waals surface area contributed by atoms with Crippen LogP contribution in [0, 0.1) is 0 Å². The fourth-order valence-electron chi connectivity index (χ4n) is 0.744. The molecule has 0 atom stereocenters. The Hall–Kier alpha value is 0.0500. The molecule has 0 aliphatic heterocycles. The molecule has 14 heavy (non-hydrogen) atoms. The molecule has 80 valence electrons. The second-order valence-corrected chi connectivity index (χ2v) is 7.03. The van der Waals surface area contributed by atoms with Crippen molar-refractivity contribution in [2.24, 2.45) is 0 Å². The van der Waals surface area contributed by atoms with Gasteiger partial charge >= 0.3 is 0 Å². The van der Waals surface area contributed by atoms with Crippen molar-refractivity contribution in [1.29, 1.82) is 0 Å². The summed E-state index contributed by atoms with van der Waals surface area (Å²) in [5.74, 6) is 0. The Morgan fingerprint density at radius 3 is 2.64 bits per heavy atom. The normalized spacial score (nSPS) is 12.3. The fourth-order valence-corrected chi connectivity index (χ4v) is 2.58. The molecule has 1 heterocycles. The summed E-state index contributed by atoms with van der Waals surface area (Å²) >= 11 is 4.87. The lowest BCUT2D eigenvalue weighted by atomic mass is 10.4. The maximum absolute atomic E-state index is 11.3. The summed E-state index contributed by atoms with van der Waals surface area (Å²) in [6, 6.07) is 1.88. The molecule has 0 aromatic carbocycles. The highest BCUT2D eigenvalue weighted by Gasteiger charge is 2.13. The molecule has 0 amide bonds. The Kier molecular flexibility index (Phi) is 4.08. The summed E-state index contributed by atoms with van der Waals surface area (Å²) < 4.78 is 27.3. The molecule has 1 aromatic rings. The molecule has 0 spiro atoms. The van der Waals surface area contributed by atoms with Crippen LogP contribution in [0.5, 0.6) is 0 Å². The number of thiophene rings is 1. The van der Waals surface area contributed by atoms with Crippen molar-refractivity contribution < 1.29 is 8.42 Å². The van der Waals surface area contributed by atoms with Gasteiger partial charge in [-0.25, -0.2) is 0 Å². The van der Waals surface area contributed by atoms with Crippen LogP contribution in [-0.2, 0) is 16.8 Å². The molecule has 0 saturated carbocycles. The largest absolute Gasteiger partial charge is 0.279 e. The molecule has 0 aliphatic carbocycles. The smallest absolute Gasteiger partial charge is 0.198 e. The molecule has 0 radical (unpaired) electrons. The van der Waals surface area contributed by atoms with Crippen LogP contribution >= 0.6 is 27.3 Å². The minimum absolute atomic E-state index is 0.310. The van der Waals surface area contributed by atoms with Crippen molar-refractivity contribution in [2.75, 3.05) is 14.1 Å². The van der Waals surface area contributed by atoms with Gasteiger partial charge in [-0.15, -0.1) is 11.3 Å². The molecule has 1 aromatic heterocycles. The Morgan fingerprint density at radius 2 is 2.21 bits per heavy atom. The average Bonchev–Trinajstić information content (AvgIpc) is 2.47. The van der Waals surface area contributed by atoms with E-state index in [0.717, 1.165) is 13.7 Å². The zero-order valence-electron chi connectivity index (χ0n) is 7.82. The Balaban J connectivity index is 2.62. The maximum Gasteiger partial charge on any atom is 0.279 e. The number of hydrogen-bond donors (Lipinski definition) is 1. The molecular weight excluding hydrogens is 288 g/mol. The standard InChI is InChI=1S/C7H11BrN2O2S2/c1-10(2)14(11,12)9-5-6-3-4-13-7(6)8/h3-4,9H,5H2,1-2H3. The third-order valence-corrected chi connectivity index (χ3v) is 4.90. The maximum atomic E-state index is 11.3.